The Bertz CT molecular complexity index is 1360. The van der Waals surface area contributed by atoms with Gasteiger partial charge in [0.25, 0.3) is 15.9 Å². The van der Waals surface area contributed by atoms with E-state index in [0.717, 1.165) is 12.8 Å². The van der Waals surface area contributed by atoms with Crippen LogP contribution in [0.5, 0.6) is 5.88 Å². The van der Waals surface area contributed by atoms with Gasteiger partial charge in [0.2, 0.25) is 5.88 Å². The van der Waals surface area contributed by atoms with Gasteiger partial charge >= 0.3 is 0 Å². The Labute approximate surface area is 213 Å². The van der Waals surface area contributed by atoms with Crippen molar-refractivity contribution >= 4 is 27.6 Å². The van der Waals surface area contributed by atoms with E-state index in [9.17, 15) is 13.2 Å². The minimum Gasteiger partial charge on any atom is -0.475 e. The number of carbonyl (C=O) groups excluding carboxylic acids is 1. The van der Waals surface area contributed by atoms with Gasteiger partial charge in [0.1, 0.15) is 5.82 Å². The third kappa shape index (κ3) is 5.38. The summed E-state index contributed by atoms with van der Waals surface area (Å²) in [7, 11) is -4.28. The largest absolute Gasteiger partial charge is 0.475 e. The number of pyridine rings is 2. The first kappa shape index (κ1) is 25.3. The fraction of sp³-hybridized carbons (Fsp3) is 0.375. The fourth-order valence-corrected chi connectivity index (χ4v) is 5.05. The van der Waals surface area contributed by atoms with E-state index in [1.54, 1.807) is 12.3 Å². The van der Waals surface area contributed by atoms with E-state index < -0.39 is 15.9 Å². The quantitative estimate of drug-likeness (QED) is 0.479. The van der Waals surface area contributed by atoms with Crippen LogP contribution in [0, 0.1) is 0 Å². The SMILES string of the molecule is CC(C)Oc1ccc(-c2cnc(C(=O)NS(=O)(=O)c3cccc(N)n3)c(N3[C@H](C)CC[C@@H]3C)n2)cn1.[HH].[HH]. The number of hydrogen-bond acceptors (Lipinski definition) is 10. The van der Waals surface area contributed by atoms with E-state index in [0.29, 0.717) is 23.0 Å². The minimum absolute atomic E-state index is 0. The number of nitrogens with two attached hydrogens (primary N) is 1. The highest BCUT2D eigenvalue weighted by atomic mass is 32.2. The molecule has 0 aromatic carbocycles. The van der Waals surface area contributed by atoms with Crippen molar-refractivity contribution in [3.63, 3.8) is 0 Å². The number of rotatable bonds is 7. The predicted octanol–water partition coefficient (Wildman–Crippen LogP) is 3.29. The smallest absolute Gasteiger partial charge is 0.287 e. The van der Waals surface area contributed by atoms with Crippen molar-refractivity contribution in [1.29, 1.82) is 0 Å². The Kier molecular flexibility index (Phi) is 7.07. The van der Waals surface area contributed by atoms with Crippen LogP contribution >= 0.6 is 0 Å². The first-order valence-corrected chi connectivity index (χ1v) is 13.1. The molecule has 194 valence electrons. The van der Waals surface area contributed by atoms with Crippen LogP contribution in [0.2, 0.25) is 0 Å². The van der Waals surface area contributed by atoms with Crippen molar-refractivity contribution in [1.82, 2.24) is 24.7 Å². The zero-order chi connectivity index (χ0) is 26.0. The molecule has 4 rings (SSSR count). The van der Waals surface area contributed by atoms with E-state index in [4.69, 9.17) is 15.5 Å². The van der Waals surface area contributed by atoms with Crippen LogP contribution < -0.4 is 20.1 Å². The molecule has 0 saturated carbocycles. The van der Waals surface area contributed by atoms with E-state index in [2.05, 4.69) is 19.7 Å². The highest BCUT2D eigenvalue weighted by Crippen LogP contribution is 2.32. The molecule has 0 bridgehead atoms. The number of ether oxygens (including phenoxy) is 1. The number of sulfonamides is 1. The fourth-order valence-electron chi connectivity index (χ4n) is 4.12. The van der Waals surface area contributed by atoms with Crippen LogP contribution in [0.25, 0.3) is 11.3 Å². The van der Waals surface area contributed by atoms with Gasteiger partial charge in [0.05, 0.1) is 18.0 Å². The maximum Gasteiger partial charge on any atom is 0.287 e. The molecule has 3 aromatic heterocycles. The zero-order valence-corrected chi connectivity index (χ0v) is 21.4. The van der Waals surface area contributed by atoms with Crippen molar-refractivity contribution in [2.24, 2.45) is 0 Å². The summed E-state index contributed by atoms with van der Waals surface area (Å²) in [5.74, 6) is -0.0903. The van der Waals surface area contributed by atoms with Crippen LogP contribution in [-0.4, -0.2) is 52.4 Å². The third-order valence-electron chi connectivity index (χ3n) is 5.80. The molecule has 0 radical (unpaired) electrons. The lowest BCUT2D eigenvalue weighted by Crippen LogP contribution is -2.38. The molecule has 0 spiro atoms. The number of anilines is 2. The molecule has 11 nitrogen and oxygen atoms in total. The second-order valence-electron chi connectivity index (χ2n) is 9.00. The van der Waals surface area contributed by atoms with Gasteiger partial charge in [0, 0.05) is 32.8 Å². The summed E-state index contributed by atoms with van der Waals surface area (Å²) >= 11 is 0. The first-order chi connectivity index (χ1) is 17.0. The van der Waals surface area contributed by atoms with E-state index >= 15 is 0 Å². The molecule has 3 aromatic rings. The zero-order valence-electron chi connectivity index (χ0n) is 20.5. The number of amides is 1. The average Bonchev–Trinajstić information content (AvgIpc) is 3.16. The minimum atomic E-state index is -4.28. The van der Waals surface area contributed by atoms with E-state index in [1.807, 2.05) is 38.7 Å². The van der Waals surface area contributed by atoms with E-state index in [-0.39, 0.29) is 37.6 Å². The number of nitrogen functional groups attached to an aromatic ring is 1. The number of aromatic nitrogens is 4. The second-order valence-corrected chi connectivity index (χ2v) is 10.6. The Morgan fingerprint density at radius 1 is 1.11 bits per heavy atom. The molecule has 2 atom stereocenters. The maximum absolute atomic E-state index is 13.2. The summed E-state index contributed by atoms with van der Waals surface area (Å²) in [5, 5.41) is -0.361. The van der Waals surface area contributed by atoms with E-state index in [1.165, 1.54) is 24.4 Å². The van der Waals surface area contributed by atoms with Gasteiger partial charge in [-0.25, -0.2) is 24.7 Å². The van der Waals surface area contributed by atoms with Gasteiger partial charge in [-0.15, -0.1) is 0 Å². The molecule has 3 N–H and O–H groups in total. The van der Waals surface area contributed by atoms with Crippen LogP contribution in [0.4, 0.5) is 11.6 Å². The average molecular weight is 516 g/mol. The lowest BCUT2D eigenvalue weighted by atomic mass is 10.2. The van der Waals surface area contributed by atoms with Crippen LogP contribution in [0.1, 0.15) is 53.9 Å². The van der Waals surface area contributed by atoms with Crippen LogP contribution in [0.3, 0.4) is 0 Å². The van der Waals surface area contributed by atoms with Gasteiger partial charge < -0.3 is 15.4 Å². The molecular weight excluding hydrogens is 482 g/mol. The van der Waals surface area contributed by atoms with Gasteiger partial charge in [-0.1, -0.05) is 6.07 Å². The van der Waals surface area contributed by atoms with Crippen molar-refractivity contribution in [2.45, 2.75) is 63.8 Å². The Morgan fingerprint density at radius 2 is 1.83 bits per heavy atom. The van der Waals surface area contributed by atoms with Gasteiger partial charge in [-0.2, -0.15) is 8.42 Å². The topological polar surface area (TPSA) is 153 Å². The third-order valence-corrected chi connectivity index (χ3v) is 7.03. The highest BCUT2D eigenvalue weighted by Gasteiger charge is 2.34. The molecule has 1 aliphatic rings. The lowest BCUT2D eigenvalue weighted by Gasteiger charge is -2.29. The number of carbonyl (C=O) groups is 1. The molecule has 4 heterocycles. The van der Waals surface area contributed by atoms with Crippen molar-refractivity contribution < 1.29 is 20.8 Å². The lowest BCUT2D eigenvalue weighted by molar-refractivity contribution is 0.0976. The Balaban J connectivity index is 0.00000253. The molecule has 0 aliphatic carbocycles. The Morgan fingerprint density at radius 3 is 2.44 bits per heavy atom. The summed E-state index contributed by atoms with van der Waals surface area (Å²) < 4.78 is 33.2. The van der Waals surface area contributed by atoms with Crippen molar-refractivity contribution in [2.75, 3.05) is 10.6 Å². The van der Waals surface area contributed by atoms with Crippen LogP contribution in [-0.2, 0) is 10.0 Å². The molecule has 1 fully saturated rings. The predicted molar refractivity (Wildman–Crippen MR) is 139 cm³/mol. The first-order valence-electron chi connectivity index (χ1n) is 11.6. The highest BCUT2D eigenvalue weighted by molar-refractivity contribution is 7.90. The summed E-state index contributed by atoms with van der Waals surface area (Å²) in [6.07, 6.45) is 4.85. The molecule has 12 heteroatoms. The van der Waals surface area contributed by atoms with Gasteiger partial charge in [0.15, 0.2) is 16.5 Å². The molecular formula is C24H33N7O4S. The normalized spacial score (nSPS) is 17.9. The van der Waals surface area contributed by atoms with Crippen molar-refractivity contribution in [3.8, 4) is 17.1 Å². The summed E-state index contributed by atoms with van der Waals surface area (Å²) in [5.41, 5.74) is 6.69. The summed E-state index contributed by atoms with van der Waals surface area (Å²) in [6.45, 7) is 7.90. The molecule has 1 saturated heterocycles. The number of nitrogens with zero attached hydrogens (tertiary/aromatic N) is 5. The number of hydrogen-bond donors (Lipinski definition) is 2. The molecule has 36 heavy (non-hydrogen) atoms. The standard InChI is InChI=1S/C24H29N7O4S.2H2/c1-14(2)35-20-11-10-17(12-26-20)18-13-27-22(23(28-18)31-15(3)8-9-16(31)4)24(32)30-36(33,34)21-7-5-6-19(25)29-21;;/h5-7,10-16H,8-9H2,1-4H3,(H2,25,29)(H,30,32);2*1H/t15-,16+;;. The summed E-state index contributed by atoms with van der Waals surface area (Å²) in [6, 6.07) is 7.88. The van der Waals surface area contributed by atoms with Gasteiger partial charge in [-0.05, 0) is 58.7 Å². The molecule has 1 aliphatic heterocycles. The second kappa shape index (κ2) is 10.1. The van der Waals surface area contributed by atoms with Gasteiger partial charge in [-0.3, -0.25) is 4.79 Å². The molecule has 0 unspecified atom stereocenters. The molecule has 1 amide bonds. The van der Waals surface area contributed by atoms with Crippen LogP contribution in [0.15, 0.2) is 47.8 Å². The van der Waals surface area contributed by atoms with Crippen molar-refractivity contribution in [3.05, 3.63) is 48.4 Å². The maximum atomic E-state index is 13.2. The Hall–Kier alpha value is -3.80. The number of nitrogens with one attached hydrogen (secondary N) is 1. The summed E-state index contributed by atoms with van der Waals surface area (Å²) in [4.78, 5) is 32.4. The monoisotopic (exact) mass is 515 g/mol.